The fourth-order valence-corrected chi connectivity index (χ4v) is 1.15. The van der Waals surface area contributed by atoms with Crippen LogP contribution in [0.4, 0.5) is 13.2 Å². The number of Topliss-reactive ketones (excluding diaryl/α,β-unsaturated/α-hetero) is 1. The molecular weight excluding hydrogens is 209 g/mol. The van der Waals surface area contributed by atoms with Crippen molar-refractivity contribution in [3.05, 3.63) is 29.1 Å². The van der Waals surface area contributed by atoms with Crippen LogP contribution in [0.1, 0.15) is 29.3 Å². The Hall–Kier alpha value is -1.52. The molecule has 0 unspecified atom stereocenters. The lowest BCUT2D eigenvalue weighted by Crippen LogP contribution is -2.03. The molecule has 0 aliphatic rings. The molecule has 0 fully saturated rings. The molecule has 2 nitrogen and oxygen atoms in total. The molecule has 1 aromatic rings. The van der Waals surface area contributed by atoms with E-state index in [4.69, 9.17) is 4.74 Å². The maximum atomic E-state index is 13.3. The van der Waals surface area contributed by atoms with Crippen LogP contribution in [0.5, 0.6) is 5.75 Å². The molecule has 0 aromatic heterocycles. The van der Waals surface area contributed by atoms with Gasteiger partial charge in [0.1, 0.15) is 11.6 Å². The summed E-state index contributed by atoms with van der Waals surface area (Å²) in [5.74, 6) is -1.76. The first-order valence-electron chi connectivity index (χ1n) is 4.14. The molecule has 5 heteroatoms. The van der Waals surface area contributed by atoms with Crippen molar-refractivity contribution in [2.45, 2.75) is 13.3 Å². The first-order valence-corrected chi connectivity index (χ1v) is 4.14. The minimum absolute atomic E-state index is 0.0388. The molecule has 0 heterocycles. The lowest BCUT2D eigenvalue weighted by atomic mass is 10.1. The Morgan fingerprint density at radius 3 is 2.40 bits per heavy atom. The smallest absolute Gasteiger partial charge is 0.266 e. The van der Waals surface area contributed by atoms with Crippen LogP contribution in [0.2, 0.25) is 0 Å². The van der Waals surface area contributed by atoms with Gasteiger partial charge in [-0.2, -0.15) is 0 Å². The van der Waals surface area contributed by atoms with Crippen LogP contribution in [0.15, 0.2) is 12.1 Å². The maximum Gasteiger partial charge on any atom is 0.266 e. The number of ether oxygens (including phenoxy) is 1. The number of carbonyl (C=O) groups excluding carboxylic acids is 1. The van der Waals surface area contributed by atoms with Crippen molar-refractivity contribution in [3.8, 4) is 5.75 Å². The molecule has 1 rings (SSSR count). The summed E-state index contributed by atoms with van der Waals surface area (Å²) in [4.78, 5) is 11.0. The SMILES string of the molecule is COc1cc(C(C)=O)c(F)c(C(F)F)c1. The third-order valence-electron chi connectivity index (χ3n) is 1.92. The van der Waals surface area contributed by atoms with E-state index >= 15 is 0 Å². The van der Waals surface area contributed by atoms with Crippen LogP contribution in [-0.2, 0) is 0 Å². The highest BCUT2D eigenvalue weighted by Gasteiger charge is 2.20. The summed E-state index contributed by atoms with van der Waals surface area (Å²) in [7, 11) is 1.26. The second-order valence-electron chi connectivity index (χ2n) is 2.94. The minimum atomic E-state index is -2.97. The van der Waals surface area contributed by atoms with Gasteiger partial charge in [0.2, 0.25) is 0 Å². The van der Waals surface area contributed by atoms with E-state index in [1.54, 1.807) is 0 Å². The summed E-state index contributed by atoms with van der Waals surface area (Å²) in [6, 6.07) is 1.98. The lowest BCUT2D eigenvalue weighted by molar-refractivity contribution is 0.101. The Balaban J connectivity index is 3.40. The third-order valence-corrected chi connectivity index (χ3v) is 1.92. The van der Waals surface area contributed by atoms with Gasteiger partial charge in [0, 0.05) is 0 Å². The van der Waals surface area contributed by atoms with Gasteiger partial charge in [-0.15, -0.1) is 0 Å². The van der Waals surface area contributed by atoms with E-state index in [1.807, 2.05) is 0 Å². The number of halogens is 3. The molecule has 0 amide bonds. The highest BCUT2D eigenvalue weighted by atomic mass is 19.3. The Bertz CT molecular complexity index is 388. The van der Waals surface area contributed by atoms with Crippen LogP contribution >= 0.6 is 0 Å². The largest absolute Gasteiger partial charge is 0.497 e. The summed E-state index contributed by atoms with van der Waals surface area (Å²) in [6.07, 6.45) is -2.97. The number of rotatable bonds is 3. The standard InChI is InChI=1S/C10H9F3O2/c1-5(14)7-3-6(15-2)4-8(9(7)11)10(12)13/h3-4,10H,1-2H3. The van der Waals surface area contributed by atoms with Gasteiger partial charge in [-0.1, -0.05) is 0 Å². The molecule has 0 spiro atoms. The van der Waals surface area contributed by atoms with E-state index in [1.165, 1.54) is 7.11 Å². The zero-order chi connectivity index (χ0) is 11.6. The van der Waals surface area contributed by atoms with Gasteiger partial charge in [0.15, 0.2) is 5.78 Å². The maximum absolute atomic E-state index is 13.3. The van der Waals surface area contributed by atoms with Gasteiger partial charge in [-0.25, -0.2) is 13.2 Å². The Kier molecular flexibility index (Phi) is 3.34. The van der Waals surface area contributed by atoms with Crippen molar-refractivity contribution >= 4 is 5.78 Å². The Morgan fingerprint density at radius 1 is 1.40 bits per heavy atom. The second-order valence-corrected chi connectivity index (χ2v) is 2.94. The fraction of sp³-hybridized carbons (Fsp3) is 0.300. The van der Waals surface area contributed by atoms with Crippen molar-refractivity contribution in [2.24, 2.45) is 0 Å². The average molecular weight is 218 g/mol. The summed E-state index contributed by atoms with van der Waals surface area (Å²) in [6.45, 7) is 1.10. The molecule has 0 atom stereocenters. The van der Waals surface area contributed by atoms with Gasteiger partial charge >= 0.3 is 0 Å². The molecule has 0 aliphatic heterocycles. The van der Waals surface area contributed by atoms with Gasteiger partial charge in [0.05, 0.1) is 18.2 Å². The third kappa shape index (κ3) is 2.29. The normalized spacial score (nSPS) is 10.5. The zero-order valence-corrected chi connectivity index (χ0v) is 8.18. The van der Waals surface area contributed by atoms with Crippen LogP contribution in [0.25, 0.3) is 0 Å². The van der Waals surface area contributed by atoms with E-state index in [0.717, 1.165) is 19.1 Å². The first kappa shape index (κ1) is 11.6. The predicted molar refractivity (Wildman–Crippen MR) is 47.9 cm³/mol. The number of methoxy groups -OCH3 is 1. The Morgan fingerprint density at radius 2 is 2.00 bits per heavy atom. The number of alkyl halides is 2. The van der Waals surface area contributed by atoms with Gasteiger partial charge < -0.3 is 4.74 Å². The molecule has 0 bridgehead atoms. The van der Waals surface area contributed by atoms with Crippen molar-refractivity contribution in [2.75, 3.05) is 7.11 Å². The topological polar surface area (TPSA) is 26.3 Å². The van der Waals surface area contributed by atoms with Crippen LogP contribution in [-0.4, -0.2) is 12.9 Å². The van der Waals surface area contributed by atoms with Crippen LogP contribution in [0.3, 0.4) is 0 Å². The van der Waals surface area contributed by atoms with E-state index in [2.05, 4.69) is 0 Å². The van der Waals surface area contributed by atoms with E-state index in [-0.39, 0.29) is 11.3 Å². The van der Waals surface area contributed by atoms with Crippen molar-refractivity contribution in [1.29, 1.82) is 0 Å². The van der Waals surface area contributed by atoms with Gasteiger partial charge in [-0.3, -0.25) is 4.79 Å². The van der Waals surface area contributed by atoms with Gasteiger partial charge in [-0.05, 0) is 19.1 Å². The van der Waals surface area contributed by atoms with Crippen LogP contribution < -0.4 is 4.74 Å². The van der Waals surface area contributed by atoms with Crippen molar-refractivity contribution in [1.82, 2.24) is 0 Å². The predicted octanol–water partition coefficient (Wildman–Crippen LogP) is 2.97. The summed E-state index contributed by atoms with van der Waals surface area (Å²) >= 11 is 0. The average Bonchev–Trinajstić information content (AvgIpc) is 2.17. The minimum Gasteiger partial charge on any atom is -0.497 e. The molecule has 82 valence electrons. The van der Waals surface area contributed by atoms with E-state index < -0.39 is 23.6 Å². The van der Waals surface area contributed by atoms with E-state index in [9.17, 15) is 18.0 Å². The summed E-state index contributed by atoms with van der Waals surface area (Å²) in [5.41, 5.74) is -1.20. The lowest BCUT2D eigenvalue weighted by Gasteiger charge is -2.08. The van der Waals surface area contributed by atoms with Crippen molar-refractivity contribution in [3.63, 3.8) is 0 Å². The molecule has 1 aromatic carbocycles. The first-order chi connectivity index (χ1) is 6.97. The second kappa shape index (κ2) is 4.33. The fourth-order valence-electron chi connectivity index (χ4n) is 1.15. The summed E-state index contributed by atoms with van der Waals surface area (Å²) < 4.78 is 42.8. The van der Waals surface area contributed by atoms with Gasteiger partial charge in [0.25, 0.3) is 6.43 Å². The van der Waals surface area contributed by atoms with Crippen LogP contribution in [0, 0.1) is 5.82 Å². The molecular formula is C10H9F3O2. The molecule has 0 saturated carbocycles. The molecule has 0 radical (unpaired) electrons. The number of ketones is 1. The molecule has 15 heavy (non-hydrogen) atoms. The van der Waals surface area contributed by atoms with Crippen molar-refractivity contribution < 1.29 is 22.7 Å². The Labute approximate surface area is 84.7 Å². The highest BCUT2D eigenvalue weighted by molar-refractivity contribution is 5.95. The monoisotopic (exact) mass is 218 g/mol. The number of hydrogen-bond donors (Lipinski definition) is 0. The molecule has 0 saturated heterocycles. The number of benzene rings is 1. The van der Waals surface area contributed by atoms with E-state index in [0.29, 0.717) is 0 Å². The highest BCUT2D eigenvalue weighted by Crippen LogP contribution is 2.29. The summed E-state index contributed by atoms with van der Waals surface area (Å²) in [5, 5.41) is 0. The quantitative estimate of drug-likeness (QED) is 0.729. The number of hydrogen-bond acceptors (Lipinski definition) is 2. The molecule has 0 aliphatic carbocycles. The zero-order valence-electron chi connectivity index (χ0n) is 8.18. The molecule has 0 N–H and O–H groups in total. The number of carbonyl (C=O) groups is 1.